The minimum Gasteiger partial charge on any atom is -0.327 e. The molecular formula is C23H17BrN2O. The number of hydrogen-bond acceptors (Lipinski definition) is 2. The Kier molecular flexibility index (Phi) is 3.69. The molecule has 0 fully saturated rings. The summed E-state index contributed by atoms with van der Waals surface area (Å²) in [5, 5.41) is 3.20. The molecule has 2 aliphatic heterocycles. The van der Waals surface area contributed by atoms with Crippen molar-refractivity contribution in [3.63, 3.8) is 0 Å². The first-order chi connectivity index (χ1) is 13.1. The SMILES string of the molecule is Cc1ccc(C2=Cc3ccccc3[C@H]3NC(=O)c4c(Br)cccc4N23)cc1. The van der Waals surface area contributed by atoms with Gasteiger partial charge in [0.25, 0.3) is 5.91 Å². The van der Waals surface area contributed by atoms with Crippen LogP contribution in [0, 0.1) is 6.92 Å². The summed E-state index contributed by atoms with van der Waals surface area (Å²) in [5.74, 6) is -0.0568. The zero-order chi connectivity index (χ0) is 18.5. The number of halogens is 1. The highest BCUT2D eigenvalue weighted by Gasteiger charge is 2.38. The summed E-state index contributed by atoms with van der Waals surface area (Å²) >= 11 is 3.55. The van der Waals surface area contributed by atoms with Crippen molar-refractivity contribution in [2.75, 3.05) is 4.90 Å². The lowest BCUT2D eigenvalue weighted by atomic mass is 9.92. The molecule has 0 spiro atoms. The van der Waals surface area contributed by atoms with E-state index in [4.69, 9.17) is 0 Å². The van der Waals surface area contributed by atoms with Crippen LogP contribution in [0.2, 0.25) is 0 Å². The van der Waals surface area contributed by atoms with E-state index in [1.165, 1.54) is 5.56 Å². The quantitative estimate of drug-likeness (QED) is 0.566. The number of carbonyl (C=O) groups is 1. The lowest BCUT2D eigenvalue weighted by molar-refractivity contribution is 0.0929. The number of aryl methyl sites for hydroxylation is 1. The number of nitrogens with zero attached hydrogens (tertiary/aromatic N) is 1. The van der Waals surface area contributed by atoms with Crippen molar-refractivity contribution in [1.29, 1.82) is 0 Å². The van der Waals surface area contributed by atoms with Gasteiger partial charge in [0.2, 0.25) is 0 Å². The molecule has 0 bridgehead atoms. The third-order valence-electron chi connectivity index (χ3n) is 5.19. The predicted molar refractivity (Wildman–Crippen MR) is 112 cm³/mol. The second kappa shape index (κ2) is 6.10. The number of anilines is 1. The van der Waals surface area contributed by atoms with Crippen LogP contribution >= 0.6 is 15.9 Å². The van der Waals surface area contributed by atoms with E-state index in [-0.39, 0.29) is 12.1 Å². The number of fused-ring (bicyclic) bond motifs is 5. The molecule has 4 heteroatoms. The van der Waals surface area contributed by atoms with E-state index >= 15 is 0 Å². The van der Waals surface area contributed by atoms with Gasteiger partial charge in [-0.05, 0) is 52.2 Å². The summed E-state index contributed by atoms with van der Waals surface area (Å²) in [6.07, 6.45) is 1.98. The fourth-order valence-corrected chi connectivity index (χ4v) is 4.41. The third-order valence-corrected chi connectivity index (χ3v) is 5.85. The van der Waals surface area contributed by atoms with Crippen LogP contribution in [-0.4, -0.2) is 5.91 Å². The Morgan fingerprint density at radius 1 is 0.963 bits per heavy atom. The maximum atomic E-state index is 12.9. The van der Waals surface area contributed by atoms with Gasteiger partial charge < -0.3 is 10.2 Å². The Hall–Kier alpha value is -2.85. The smallest absolute Gasteiger partial charge is 0.256 e. The average molecular weight is 417 g/mol. The highest BCUT2D eigenvalue weighted by Crippen LogP contribution is 2.45. The Morgan fingerprint density at radius 2 is 1.74 bits per heavy atom. The Bertz CT molecular complexity index is 1100. The molecule has 2 heterocycles. The fraction of sp³-hybridized carbons (Fsp3) is 0.0870. The highest BCUT2D eigenvalue weighted by atomic mass is 79.9. The van der Waals surface area contributed by atoms with Gasteiger partial charge >= 0.3 is 0 Å². The standard InChI is InChI=1S/C23H17BrN2O/c1-14-9-11-15(12-10-14)20-13-16-5-2-3-6-17(16)22-25-23(27)21-18(24)7-4-8-19(21)26(20)22/h2-13,22H,1H3,(H,25,27)/t22-/m0/s1. The summed E-state index contributed by atoms with van der Waals surface area (Å²) in [7, 11) is 0. The first kappa shape index (κ1) is 16.3. The molecule has 132 valence electrons. The van der Waals surface area contributed by atoms with Crippen molar-refractivity contribution in [2.24, 2.45) is 0 Å². The van der Waals surface area contributed by atoms with Crippen molar-refractivity contribution in [3.05, 3.63) is 99.0 Å². The largest absolute Gasteiger partial charge is 0.327 e. The van der Waals surface area contributed by atoms with E-state index in [1.807, 2.05) is 30.3 Å². The molecule has 0 saturated heterocycles. The number of benzene rings is 3. The van der Waals surface area contributed by atoms with E-state index in [1.54, 1.807) is 0 Å². The van der Waals surface area contributed by atoms with Gasteiger partial charge in [0.1, 0.15) is 6.17 Å². The number of amides is 1. The van der Waals surface area contributed by atoms with Crippen molar-refractivity contribution >= 4 is 39.3 Å². The molecule has 0 aliphatic carbocycles. The second-order valence-electron chi connectivity index (χ2n) is 6.90. The molecule has 0 aromatic heterocycles. The predicted octanol–water partition coefficient (Wildman–Crippen LogP) is 5.52. The van der Waals surface area contributed by atoms with E-state index < -0.39 is 0 Å². The van der Waals surface area contributed by atoms with Crippen LogP contribution < -0.4 is 10.2 Å². The van der Waals surface area contributed by atoms with Crippen molar-refractivity contribution < 1.29 is 4.79 Å². The molecule has 1 N–H and O–H groups in total. The van der Waals surface area contributed by atoms with Gasteiger partial charge in [-0.1, -0.05) is 60.2 Å². The molecule has 27 heavy (non-hydrogen) atoms. The van der Waals surface area contributed by atoms with Crippen LogP contribution in [0.1, 0.15) is 38.8 Å². The topological polar surface area (TPSA) is 32.3 Å². The van der Waals surface area contributed by atoms with Gasteiger partial charge in [0.15, 0.2) is 0 Å². The summed E-state index contributed by atoms with van der Waals surface area (Å²) < 4.78 is 0.804. The lowest BCUT2D eigenvalue weighted by Gasteiger charge is -2.43. The second-order valence-corrected chi connectivity index (χ2v) is 7.76. The van der Waals surface area contributed by atoms with Gasteiger partial charge in [-0.15, -0.1) is 0 Å². The van der Waals surface area contributed by atoms with E-state index in [9.17, 15) is 4.79 Å². The van der Waals surface area contributed by atoms with Crippen molar-refractivity contribution in [2.45, 2.75) is 13.1 Å². The minimum absolute atomic E-state index is 0.0568. The van der Waals surface area contributed by atoms with Crippen LogP contribution in [0.25, 0.3) is 11.8 Å². The Balaban J connectivity index is 1.79. The third kappa shape index (κ3) is 2.52. The number of rotatable bonds is 1. The van der Waals surface area contributed by atoms with Crippen LogP contribution in [-0.2, 0) is 0 Å². The van der Waals surface area contributed by atoms with Gasteiger partial charge in [-0.25, -0.2) is 0 Å². The summed E-state index contributed by atoms with van der Waals surface area (Å²) in [6.45, 7) is 2.09. The molecule has 1 atom stereocenters. The van der Waals surface area contributed by atoms with Gasteiger partial charge in [0.05, 0.1) is 16.9 Å². The van der Waals surface area contributed by atoms with Gasteiger partial charge in [-0.2, -0.15) is 0 Å². The maximum Gasteiger partial charge on any atom is 0.256 e. The maximum absolute atomic E-state index is 12.9. The van der Waals surface area contributed by atoms with Crippen molar-refractivity contribution in [1.82, 2.24) is 5.32 Å². The number of carbonyl (C=O) groups excluding carboxylic acids is 1. The molecule has 3 aromatic rings. The highest BCUT2D eigenvalue weighted by molar-refractivity contribution is 9.10. The average Bonchev–Trinajstić information content (AvgIpc) is 2.68. The monoisotopic (exact) mass is 416 g/mol. The first-order valence-corrected chi connectivity index (χ1v) is 9.69. The molecule has 1 amide bonds. The molecule has 0 radical (unpaired) electrons. The molecule has 2 aliphatic rings. The zero-order valence-electron chi connectivity index (χ0n) is 14.7. The first-order valence-electron chi connectivity index (χ1n) is 8.90. The summed E-state index contributed by atoms with van der Waals surface area (Å²) in [5.41, 5.74) is 7.26. The fourth-order valence-electron chi connectivity index (χ4n) is 3.88. The lowest BCUT2D eigenvalue weighted by Crippen LogP contribution is -2.47. The van der Waals surface area contributed by atoms with Crippen molar-refractivity contribution in [3.8, 4) is 0 Å². The molecule has 0 unspecified atom stereocenters. The molecular weight excluding hydrogens is 400 g/mol. The molecule has 5 rings (SSSR count). The normalized spacial score (nSPS) is 17.4. The van der Waals surface area contributed by atoms with Gasteiger partial charge in [-0.3, -0.25) is 4.79 Å². The molecule has 3 nitrogen and oxygen atoms in total. The van der Waals surface area contributed by atoms with Crippen LogP contribution in [0.5, 0.6) is 0 Å². The van der Waals surface area contributed by atoms with E-state index in [0.29, 0.717) is 5.56 Å². The van der Waals surface area contributed by atoms with Crippen LogP contribution in [0.3, 0.4) is 0 Å². The Morgan fingerprint density at radius 3 is 2.56 bits per heavy atom. The van der Waals surface area contributed by atoms with E-state index in [0.717, 1.165) is 32.5 Å². The number of hydrogen-bond donors (Lipinski definition) is 1. The minimum atomic E-state index is -0.225. The number of nitrogens with one attached hydrogen (secondary N) is 1. The summed E-state index contributed by atoms with van der Waals surface area (Å²) in [6, 6.07) is 22.7. The van der Waals surface area contributed by atoms with E-state index in [2.05, 4.69) is 75.5 Å². The van der Waals surface area contributed by atoms with Crippen LogP contribution in [0.15, 0.2) is 71.2 Å². The molecule has 0 saturated carbocycles. The summed E-state index contributed by atoms with van der Waals surface area (Å²) in [4.78, 5) is 15.1. The van der Waals surface area contributed by atoms with Crippen LogP contribution in [0.4, 0.5) is 5.69 Å². The molecule has 3 aromatic carbocycles. The van der Waals surface area contributed by atoms with Gasteiger partial charge in [0, 0.05) is 10.0 Å². The zero-order valence-corrected chi connectivity index (χ0v) is 16.3. The Labute approximate surface area is 166 Å².